The highest BCUT2D eigenvalue weighted by atomic mass is 16.5. The lowest BCUT2D eigenvalue weighted by atomic mass is 10.2. The predicted octanol–water partition coefficient (Wildman–Crippen LogP) is 2.53. The monoisotopic (exact) mass is 277 g/mol. The SMILES string of the molecule is CCOC(=O)c1c(C)ccn1Cc1noc(C(C)C)n1. The number of aryl methyl sites for hydroxylation is 1. The molecule has 20 heavy (non-hydrogen) atoms. The molecule has 0 aromatic carbocycles. The van der Waals surface area contributed by atoms with Crippen molar-refractivity contribution in [2.45, 2.75) is 40.2 Å². The Morgan fingerprint density at radius 3 is 2.85 bits per heavy atom. The lowest BCUT2D eigenvalue weighted by Crippen LogP contribution is -2.14. The maximum absolute atomic E-state index is 11.9. The summed E-state index contributed by atoms with van der Waals surface area (Å²) in [5.74, 6) is 1.01. The smallest absolute Gasteiger partial charge is 0.355 e. The summed E-state index contributed by atoms with van der Waals surface area (Å²) in [7, 11) is 0. The van der Waals surface area contributed by atoms with Crippen molar-refractivity contribution in [3.8, 4) is 0 Å². The average molecular weight is 277 g/mol. The van der Waals surface area contributed by atoms with Crippen LogP contribution in [0.15, 0.2) is 16.8 Å². The second-order valence-electron chi connectivity index (χ2n) is 4.90. The molecule has 0 saturated carbocycles. The van der Waals surface area contributed by atoms with Gasteiger partial charge in [-0.2, -0.15) is 4.98 Å². The number of aromatic nitrogens is 3. The zero-order valence-corrected chi connectivity index (χ0v) is 12.2. The molecule has 0 aliphatic rings. The first-order valence-electron chi connectivity index (χ1n) is 6.68. The molecule has 0 bridgehead atoms. The fourth-order valence-electron chi connectivity index (χ4n) is 1.91. The Morgan fingerprint density at radius 1 is 1.50 bits per heavy atom. The molecule has 108 valence electrons. The normalized spacial score (nSPS) is 11.1. The van der Waals surface area contributed by atoms with Gasteiger partial charge in [0.1, 0.15) is 5.69 Å². The molecule has 6 heteroatoms. The fraction of sp³-hybridized carbons (Fsp3) is 0.500. The zero-order valence-electron chi connectivity index (χ0n) is 12.2. The summed E-state index contributed by atoms with van der Waals surface area (Å²) in [6.07, 6.45) is 1.83. The summed E-state index contributed by atoms with van der Waals surface area (Å²) in [6.45, 7) is 8.37. The van der Waals surface area contributed by atoms with Gasteiger partial charge in [-0.05, 0) is 25.5 Å². The molecule has 0 N–H and O–H groups in total. The molecule has 0 aliphatic carbocycles. The molecule has 2 rings (SSSR count). The van der Waals surface area contributed by atoms with E-state index in [1.165, 1.54) is 0 Å². The third-order valence-electron chi connectivity index (χ3n) is 2.92. The van der Waals surface area contributed by atoms with Gasteiger partial charge in [-0.1, -0.05) is 19.0 Å². The molecule has 0 amide bonds. The van der Waals surface area contributed by atoms with Gasteiger partial charge in [-0.25, -0.2) is 4.79 Å². The molecule has 2 aromatic heterocycles. The molecule has 0 aliphatic heterocycles. The quantitative estimate of drug-likeness (QED) is 0.785. The molecule has 2 aromatic rings. The first-order valence-corrected chi connectivity index (χ1v) is 6.68. The Labute approximate surface area is 117 Å². The molecule has 0 radical (unpaired) electrons. The van der Waals surface area contributed by atoms with Crippen molar-refractivity contribution in [1.29, 1.82) is 0 Å². The maximum atomic E-state index is 11.9. The van der Waals surface area contributed by atoms with E-state index in [-0.39, 0.29) is 11.9 Å². The first kappa shape index (κ1) is 14.3. The Morgan fingerprint density at radius 2 is 2.25 bits per heavy atom. The van der Waals surface area contributed by atoms with Gasteiger partial charge in [0.05, 0.1) is 13.2 Å². The van der Waals surface area contributed by atoms with E-state index in [0.717, 1.165) is 5.56 Å². The van der Waals surface area contributed by atoms with E-state index in [0.29, 0.717) is 30.6 Å². The highest BCUT2D eigenvalue weighted by molar-refractivity contribution is 5.89. The third-order valence-corrected chi connectivity index (χ3v) is 2.92. The van der Waals surface area contributed by atoms with Crippen LogP contribution in [0.25, 0.3) is 0 Å². The van der Waals surface area contributed by atoms with Crippen LogP contribution in [-0.4, -0.2) is 27.3 Å². The van der Waals surface area contributed by atoms with Crippen LogP contribution in [0.2, 0.25) is 0 Å². The van der Waals surface area contributed by atoms with Crippen LogP contribution >= 0.6 is 0 Å². The van der Waals surface area contributed by atoms with Crippen LogP contribution in [0.4, 0.5) is 0 Å². The van der Waals surface area contributed by atoms with Crippen molar-refractivity contribution in [2.75, 3.05) is 6.61 Å². The predicted molar refractivity (Wildman–Crippen MR) is 72.6 cm³/mol. The number of nitrogens with zero attached hydrogens (tertiary/aromatic N) is 3. The van der Waals surface area contributed by atoms with E-state index < -0.39 is 0 Å². The molecule has 2 heterocycles. The summed E-state index contributed by atoms with van der Waals surface area (Å²) in [5, 5.41) is 3.93. The van der Waals surface area contributed by atoms with Crippen molar-refractivity contribution < 1.29 is 14.1 Å². The van der Waals surface area contributed by atoms with Crippen LogP contribution in [-0.2, 0) is 11.3 Å². The minimum atomic E-state index is -0.331. The van der Waals surface area contributed by atoms with Crippen molar-refractivity contribution in [1.82, 2.24) is 14.7 Å². The molecule has 0 saturated heterocycles. The molecule has 0 unspecified atom stereocenters. The summed E-state index contributed by atoms with van der Waals surface area (Å²) in [5.41, 5.74) is 1.40. The molecule has 0 spiro atoms. The number of carbonyl (C=O) groups excluding carboxylic acids is 1. The van der Waals surface area contributed by atoms with Crippen LogP contribution in [0.5, 0.6) is 0 Å². The van der Waals surface area contributed by atoms with Crippen molar-refractivity contribution in [2.24, 2.45) is 0 Å². The highest BCUT2D eigenvalue weighted by Crippen LogP contribution is 2.15. The van der Waals surface area contributed by atoms with Crippen LogP contribution in [0.1, 0.15) is 54.5 Å². The molecule has 6 nitrogen and oxygen atoms in total. The first-order chi connectivity index (χ1) is 9.52. The van der Waals surface area contributed by atoms with Crippen molar-refractivity contribution in [3.05, 3.63) is 35.2 Å². The average Bonchev–Trinajstić information content (AvgIpc) is 2.98. The second kappa shape index (κ2) is 5.90. The minimum Gasteiger partial charge on any atom is -0.461 e. The number of ether oxygens (including phenoxy) is 1. The number of esters is 1. The number of hydrogen-bond acceptors (Lipinski definition) is 5. The van der Waals surface area contributed by atoms with Gasteiger partial charge >= 0.3 is 5.97 Å². The molecular weight excluding hydrogens is 258 g/mol. The minimum absolute atomic E-state index is 0.187. The van der Waals surface area contributed by atoms with Crippen LogP contribution < -0.4 is 0 Å². The van der Waals surface area contributed by atoms with E-state index in [1.54, 1.807) is 11.5 Å². The van der Waals surface area contributed by atoms with Gasteiger partial charge in [0.25, 0.3) is 0 Å². The van der Waals surface area contributed by atoms with Gasteiger partial charge in [0.15, 0.2) is 5.82 Å². The Kier molecular flexibility index (Phi) is 4.22. The topological polar surface area (TPSA) is 70.2 Å². The summed E-state index contributed by atoms with van der Waals surface area (Å²) >= 11 is 0. The van der Waals surface area contributed by atoms with E-state index >= 15 is 0 Å². The van der Waals surface area contributed by atoms with E-state index in [2.05, 4.69) is 10.1 Å². The summed E-state index contributed by atoms with van der Waals surface area (Å²) in [4.78, 5) is 16.3. The molecular formula is C14H19N3O3. The van der Waals surface area contributed by atoms with Crippen molar-refractivity contribution >= 4 is 5.97 Å². The zero-order chi connectivity index (χ0) is 14.7. The highest BCUT2D eigenvalue weighted by Gasteiger charge is 2.18. The Hall–Kier alpha value is -2.11. The number of hydrogen-bond donors (Lipinski definition) is 0. The number of rotatable bonds is 5. The third kappa shape index (κ3) is 2.89. The summed E-state index contributed by atoms with van der Waals surface area (Å²) < 4.78 is 12.0. The van der Waals surface area contributed by atoms with E-state index in [4.69, 9.17) is 9.26 Å². The maximum Gasteiger partial charge on any atom is 0.355 e. The summed E-state index contributed by atoms with van der Waals surface area (Å²) in [6, 6.07) is 1.87. The standard InChI is InChI=1S/C14H19N3O3/c1-5-19-14(18)12-10(4)6-7-17(12)8-11-15-13(9(2)3)20-16-11/h6-7,9H,5,8H2,1-4H3. The lowest BCUT2D eigenvalue weighted by molar-refractivity contribution is 0.0513. The Bertz CT molecular complexity index is 599. The lowest BCUT2D eigenvalue weighted by Gasteiger charge is -2.07. The van der Waals surface area contributed by atoms with Crippen LogP contribution in [0.3, 0.4) is 0 Å². The number of carbonyl (C=O) groups is 1. The van der Waals surface area contributed by atoms with Gasteiger partial charge in [0, 0.05) is 12.1 Å². The van der Waals surface area contributed by atoms with Crippen molar-refractivity contribution in [3.63, 3.8) is 0 Å². The molecule has 0 fully saturated rings. The fourth-order valence-corrected chi connectivity index (χ4v) is 1.91. The Balaban J connectivity index is 2.22. The second-order valence-corrected chi connectivity index (χ2v) is 4.90. The van der Waals surface area contributed by atoms with Gasteiger partial charge in [-0.15, -0.1) is 0 Å². The van der Waals surface area contributed by atoms with E-state index in [9.17, 15) is 4.79 Å². The van der Waals surface area contributed by atoms with Crippen LogP contribution in [0, 0.1) is 6.92 Å². The van der Waals surface area contributed by atoms with Gasteiger partial charge < -0.3 is 13.8 Å². The van der Waals surface area contributed by atoms with E-state index in [1.807, 2.05) is 33.0 Å². The largest absolute Gasteiger partial charge is 0.461 e. The van der Waals surface area contributed by atoms with Gasteiger partial charge in [-0.3, -0.25) is 0 Å². The molecule has 0 atom stereocenters. The van der Waals surface area contributed by atoms with Gasteiger partial charge in [0.2, 0.25) is 5.89 Å².